The zero-order valence-corrected chi connectivity index (χ0v) is 17.3. The van der Waals surface area contributed by atoms with E-state index < -0.39 is 12.1 Å². The SMILES string of the molecule is CCN(CC)C(=O)[C@@H](OC(=O)CSc1ncnc2sccc12)c1ccccc1. The van der Waals surface area contributed by atoms with Crippen molar-refractivity contribution in [2.45, 2.75) is 25.0 Å². The Kier molecular flexibility index (Phi) is 7.00. The van der Waals surface area contributed by atoms with Crippen molar-refractivity contribution in [3.63, 3.8) is 0 Å². The number of benzene rings is 1. The molecule has 146 valence electrons. The highest BCUT2D eigenvalue weighted by Gasteiger charge is 2.28. The predicted octanol–water partition coefficient (Wildman–Crippen LogP) is 3.94. The second kappa shape index (κ2) is 9.66. The highest BCUT2D eigenvalue weighted by molar-refractivity contribution is 8.00. The van der Waals surface area contributed by atoms with Crippen LogP contribution in [0, 0.1) is 0 Å². The number of ether oxygens (including phenoxy) is 1. The smallest absolute Gasteiger partial charge is 0.317 e. The van der Waals surface area contributed by atoms with Crippen molar-refractivity contribution in [3.05, 3.63) is 53.7 Å². The molecule has 2 heterocycles. The van der Waals surface area contributed by atoms with E-state index >= 15 is 0 Å². The number of fused-ring (bicyclic) bond motifs is 1. The Bertz CT molecular complexity index is 942. The molecule has 0 aliphatic heterocycles. The van der Waals surface area contributed by atoms with E-state index in [4.69, 9.17) is 4.74 Å². The summed E-state index contributed by atoms with van der Waals surface area (Å²) in [6.45, 7) is 4.93. The van der Waals surface area contributed by atoms with Gasteiger partial charge in [0.2, 0.25) is 6.10 Å². The Hall–Kier alpha value is -2.45. The molecule has 1 aromatic carbocycles. The molecule has 6 nitrogen and oxygen atoms in total. The zero-order chi connectivity index (χ0) is 19.9. The molecule has 0 fully saturated rings. The van der Waals surface area contributed by atoms with Crippen molar-refractivity contribution >= 4 is 45.2 Å². The number of hydrogen-bond donors (Lipinski definition) is 0. The summed E-state index contributed by atoms with van der Waals surface area (Å²) in [4.78, 5) is 36.4. The molecule has 8 heteroatoms. The van der Waals surface area contributed by atoms with Crippen molar-refractivity contribution in [1.29, 1.82) is 0 Å². The summed E-state index contributed by atoms with van der Waals surface area (Å²) in [5.74, 6) is -0.602. The fourth-order valence-corrected chi connectivity index (χ4v) is 4.33. The van der Waals surface area contributed by atoms with Crippen LogP contribution in [0.5, 0.6) is 0 Å². The van der Waals surface area contributed by atoms with Gasteiger partial charge in [-0.2, -0.15) is 0 Å². The van der Waals surface area contributed by atoms with E-state index in [-0.39, 0.29) is 11.7 Å². The minimum atomic E-state index is -0.944. The second-order valence-corrected chi connectivity index (χ2v) is 7.76. The van der Waals surface area contributed by atoms with Crippen molar-refractivity contribution in [2.75, 3.05) is 18.8 Å². The Balaban J connectivity index is 1.72. The van der Waals surface area contributed by atoms with E-state index in [1.165, 1.54) is 29.4 Å². The van der Waals surface area contributed by atoms with Crippen molar-refractivity contribution in [2.24, 2.45) is 0 Å². The number of esters is 1. The number of amides is 1. The van der Waals surface area contributed by atoms with Crippen LogP contribution in [0.1, 0.15) is 25.5 Å². The lowest BCUT2D eigenvalue weighted by Crippen LogP contribution is -2.37. The Morgan fingerprint density at radius 1 is 1.14 bits per heavy atom. The lowest BCUT2D eigenvalue weighted by Gasteiger charge is -2.25. The Morgan fingerprint density at radius 3 is 2.61 bits per heavy atom. The Morgan fingerprint density at radius 2 is 1.89 bits per heavy atom. The standard InChI is InChI=1S/C20H21N3O3S2/c1-3-23(4-2)20(25)17(14-8-6-5-7-9-14)26-16(24)12-28-19-15-10-11-27-18(15)21-13-22-19/h5-11,13,17H,3-4,12H2,1-2H3/t17-/m0/s1. The number of rotatable bonds is 8. The van der Waals surface area contributed by atoms with Crippen LogP contribution in [-0.2, 0) is 14.3 Å². The Labute approximate surface area is 171 Å². The van der Waals surface area contributed by atoms with Gasteiger partial charge in [-0.1, -0.05) is 42.1 Å². The molecular formula is C20H21N3O3S2. The average Bonchev–Trinajstić information content (AvgIpc) is 3.21. The van der Waals surface area contributed by atoms with Crippen LogP contribution in [-0.4, -0.2) is 45.6 Å². The third-order valence-corrected chi connectivity index (χ3v) is 6.00. The molecule has 3 aromatic rings. The van der Waals surface area contributed by atoms with Gasteiger partial charge in [0.05, 0.1) is 5.75 Å². The van der Waals surface area contributed by atoms with Gasteiger partial charge in [0.25, 0.3) is 5.91 Å². The normalized spacial score (nSPS) is 11.9. The molecule has 0 spiro atoms. The molecule has 0 aliphatic rings. The molecule has 2 aromatic heterocycles. The number of aromatic nitrogens is 2. The topological polar surface area (TPSA) is 72.4 Å². The third kappa shape index (κ3) is 4.69. The number of likely N-dealkylation sites (N-methyl/N-ethyl adjacent to an activating group) is 1. The maximum atomic E-state index is 12.9. The van der Waals surface area contributed by atoms with Crippen LogP contribution in [0.4, 0.5) is 0 Å². The van der Waals surface area contributed by atoms with E-state index in [9.17, 15) is 9.59 Å². The van der Waals surface area contributed by atoms with Crippen molar-refractivity contribution < 1.29 is 14.3 Å². The highest BCUT2D eigenvalue weighted by atomic mass is 32.2. The van der Waals surface area contributed by atoms with Crippen LogP contribution in [0.2, 0.25) is 0 Å². The molecule has 0 N–H and O–H groups in total. The summed E-state index contributed by atoms with van der Waals surface area (Å²) in [5.41, 5.74) is 0.667. The van der Waals surface area contributed by atoms with Crippen LogP contribution in [0.25, 0.3) is 10.2 Å². The molecular weight excluding hydrogens is 394 g/mol. The van der Waals surface area contributed by atoms with Crippen LogP contribution in [0.3, 0.4) is 0 Å². The monoisotopic (exact) mass is 415 g/mol. The van der Waals surface area contributed by atoms with E-state index in [2.05, 4.69) is 9.97 Å². The number of carbonyl (C=O) groups excluding carboxylic acids is 2. The first-order valence-electron chi connectivity index (χ1n) is 8.98. The maximum Gasteiger partial charge on any atom is 0.317 e. The summed E-state index contributed by atoms with van der Waals surface area (Å²) < 4.78 is 5.61. The average molecular weight is 416 g/mol. The molecule has 1 atom stereocenters. The summed E-state index contributed by atoms with van der Waals surface area (Å²) in [6, 6.07) is 11.0. The minimum Gasteiger partial charge on any atom is -0.447 e. The van der Waals surface area contributed by atoms with Gasteiger partial charge >= 0.3 is 5.97 Å². The van der Waals surface area contributed by atoms with Crippen LogP contribution < -0.4 is 0 Å². The van der Waals surface area contributed by atoms with Crippen LogP contribution in [0.15, 0.2) is 53.1 Å². The number of thiophene rings is 1. The summed E-state index contributed by atoms with van der Waals surface area (Å²) in [7, 11) is 0. The van der Waals surface area contributed by atoms with E-state index in [0.29, 0.717) is 18.7 Å². The predicted molar refractivity (Wildman–Crippen MR) is 111 cm³/mol. The molecule has 0 radical (unpaired) electrons. The molecule has 0 bridgehead atoms. The lowest BCUT2D eigenvalue weighted by atomic mass is 10.1. The summed E-state index contributed by atoms with van der Waals surface area (Å²) >= 11 is 2.81. The highest BCUT2D eigenvalue weighted by Crippen LogP contribution is 2.28. The molecule has 0 saturated heterocycles. The van der Waals surface area contributed by atoms with Gasteiger partial charge < -0.3 is 9.64 Å². The maximum absolute atomic E-state index is 12.9. The van der Waals surface area contributed by atoms with Gasteiger partial charge in [-0.3, -0.25) is 9.59 Å². The summed E-state index contributed by atoms with van der Waals surface area (Å²) in [5, 5.41) is 3.59. The number of thioether (sulfide) groups is 1. The zero-order valence-electron chi connectivity index (χ0n) is 15.7. The van der Waals surface area contributed by atoms with Gasteiger partial charge in [-0.25, -0.2) is 9.97 Å². The van der Waals surface area contributed by atoms with Gasteiger partial charge in [-0.15, -0.1) is 11.3 Å². The first-order valence-corrected chi connectivity index (χ1v) is 10.8. The lowest BCUT2D eigenvalue weighted by molar-refractivity contribution is -0.158. The van der Waals surface area contributed by atoms with Gasteiger partial charge in [-0.05, 0) is 25.3 Å². The van der Waals surface area contributed by atoms with Gasteiger partial charge in [0, 0.05) is 24.0 Å². The second-order valence-electron chi connectivity index (χ2n) is 5.90. The number of nitrogens with zero attached hydrogens (tertiary/aromatic N) is 3. The molecule has 28 heavy (non-hydrogen) atoms. The minimum absolute atomic E-state index is 0.0663. The first kappa shape index (κ1) is 20.3. The molecule has 0 aliphatic carbocycles. The van der Waals surface area contributed by atoms with Crippen LogP contribution >= 0.6 is 23.1 Å². The number of carbonyl (C=O) groups is 2. The summed E-state index contributed by atoms with van der Waals surface area (Å²) in [6.07, 6.45) is 0.546. The fourth-order valence-electron chi connectivity index (χ4n) is 2.77. The van der Waals surface area contributed by atoms with Crippen molar-refractivity contribution in [3.8, 4) is 0 Å². The largest absolute Gasteiger partial charge is 0.447 e. The van der Waals surface area contributed by atoms with Gasteiger partial charge in [0.1, 0.15) is 16.2 Å². The van der Waals surface area contributed by atoms with E-state index in [1.807, 2.05) is 43.5 Å². The third-order valence-electron chi connectivity index (χ3n) is 4.20. The van der Waals surface area contributed by atoms with E-state index in [1.54, 1.807) is 17.0 Å². The van der Waals surface area contributed by atoms with E-state index in [0.717, 1.165) is 15.2 Å². The van der Waals surface area contributed by atoms with Crippen molar-refractivity contribution in [1.82, 2.24) is 14.9 Å². The van der Waals surface area contributed by atoms with Gasteiger partial charge in [0.15, 0.2) is 0 Å². The number of hydrogen-bond acceptors (Lipinski definition) is 7. The molecule has 0 unspecified atom stereocenters. The molecule has 0 saturated carbocycles. The molecule has 1 amide bonds. The first-order chi connectivity index (χ1) is 13.6. The quantitative estimate of drug-likeness (QED) is 0.315. The molecule has 3 rings (SSSR count). The fraction of sp³-hybridized carbons (Fsp3) is 0.300.